The first-order chi connectivity index (χ1) is 9.93. The molecule has 0 radical (unpaired) electrons. The number of nitrogens with one attached hydrogen (secondary N) is 1. The van der Waals surface area contributed by atoms with Crippen LogP contribution in [0.4, 0.5) is 0 Å². The minimum absolute atomic E-state index is 0.0231. The molecule has 0 spiro atoms. The summed E-state index contributed by atoms with van der Waals surface area (Å²) in [6, 6.07) is 4.03. The largest absolute Gasteiger partial charge is 0.257 e. The van der Waals surface area contributed by atoms with Gasteiger partial charge in [-0.1, -0.05) is 38.2 Å². The van der Waals surface area contributed by atoms with Gasteiger partial charge in [0.1, 0.15) is 0 Å². The van der Waals surface area contributed by atoms with Gasteiger partial charge in [-0.25, -0.2) is 9.97 Å². The Bertz CT molecular complexity index is 740. The molecule has 110 valence electrons. The molecular formula is C13H13BrN4S3. The first kappa shape index (κ1) is 15.2. The Labute approximate surface area is 143 Å². The van der Waals surface area contributed by atoms with Gasteiger partial charge in [0.2, 0.25) is 5.16 Å². The van der Waals surface area contributed by atoms with Gasteiger partial charge in [0.15, 0.2) is 10.2 Å². The molecule has 3 aromatic heterocycles. The second-order valence-electron chi connectivity index (χ2n) is 5.40. The molecule has 3 heterocycles. The smallest absolute Gasteiger partial charge is 0.215 e. The van der Waals surface area contributed by atoms with Gasteiger partial charge in [0, 0.05) is 5.41 Å². The fourth-order valence-corrected chi connectivity index (χ4v) is 5.71. The zero-order chi connectivity index (χ0) is 15.0. The third-order valence-electron chi connectivity index (χ3n) is 2.67. The lowest BCUT2D eigenvalue weighted by Crippen LogP contribution is -2.12. The predicted molar refractivity (Wildman–Crippen MR) is 92.3 cm³/mol. The van der Waals surface area contributed by atoms with Gasteiger partial charge >= 0.3 is 0 Å². The molecule has 3 rings (SSSR count). The highest BCUT2D eigenvalue weighted by Gasteiger charge is 2.23. The molecule has 0 saturated heterocycles. The van der Waals surface area contributed by atoms with E-state index in [1.807, 2.05) is 17.5 Å². The Morgan fingerprint density at radius 3 is 2.71 bits per heavy atom. The van der Waals surface area contributed by atoms with Crippen molar-refractivity contribution < 1.29 is 0 Å². The minimum atomic E-state index is 0.0231. The van der Waals surface area contributed by atoms with Gasteiger partial charge in [-0.15, -0.1) is 16.4 Å². The van der Waals surface area contributed by atoms with E-state index in [2.05, 4.69) is 51.9 Å². The van der Waals surface area contributed by atoms with Crippen molar-refractivity contribution in [3.05, 3.63) is 27.0 Å². The molecule has 0 unspecified atom stereocenters. The van der Waals surface area contributed by atoms with Crippen LogP contribution in [0, 0.1) is 0 Å². The zero-order valence-electron chi connectivity index (χ0n) is 11.7. The summed E-state index contributed by atoms with van der Waals surface area (Å²) < 4.78 is 2.02. The summed E-state index contributed by atoms with van der Waals surface area (Å²) in [5, 5.41) is 9.95. The van der Waals surface area contributed by atoms with E-state index >= 15 is 0 Å². The van der Waals surface area contributed by atoms with E-state index in [0.717, 1.165) is 24.5 Å². The summed E-state index contributed by atoms with van der Waals surface area (Å²) in [4.78, 5) is 10.3. The van der Waals surface area contributed by atoms with E-state index < -0.39 is 0 Å². The van der Waals surface area contributed by atoms with Gasteiger partial charge in [-0.2, -0.15) is 0 Å². The molecule has 0 atom stereocenters. The van der Waals surface area contributed by atoms with Crippen molar-refractivity contribution in [2.24, 2.45) is 0 Å². The molecule has 0 aromatic carbocycles. The molecule has 21 heavy (non-hydrogen) atoms. The zero-order valence-corrected chi connectivity index (χ0v) is 15.7. The highest BCUT2D eigenvalue weighted by molar-refractivity contribution is 9.11. The van der Waals surface area contributed by atoms with Crippen LogP contribution >= 0.6 is 50.4 Å². The van der Waals surface area contributed by atoms with Crippen LogP contribution < -0.4 is 0 Å². The van der Waals surface area contributed by atoms with Crippen LogP contribution in [0.15, 0.2) is 30.8 Å². The maximum Gasteiger partial charge on any atom is 0.215 e. The summed E-state index contributed by atoms with van der Waals surface area (Å²) >= 11 is 8.35. The third kappa shape index (κ3) is 3.39. The van der Waals surface area contributed by atoms with Gasteiger partial charge < -0.3 is 0 Å². The number of aromatic nitrogens is 4. The standard InChI is InChI=1S/C13H13BrN4S3/c1-13(2,3)8-9(14)20-12(15-8)21-11-16-10(17-18-11)7-5-4-6-19-7/h4-6H,1-3H3,(H,16,17,18). The van der Waals surface area contributed by atoms with Crippen LogP contribution in [-0.2, 0) is 5.41 Å². The lowest BCUT2D eigenvalue weighted by atomic mass is 9.93. The Hall–Kier alpha value is -0.700. The number of aromatic amines is 1. The van der Waals surface area contributed by atoms with Crippen molar-refractivity contribution in [2.75, 3.05) is 0 Å². The number of rotatable bonds is 3. The molecule has 0 aliphatic carbocycles. The third-order valence-corrected chi connectivity index (χ3v) is 6.18. The number of thiazole rings is 1. The molecule has 1 N–H and O–H groups in total. The quantitative estimate of drug-likeness (QED) is 0.655. The molecule has 0 aliphatic heterocycles. The van der Waals surface area contributed by atoms with Crippen molar-refractivity contribution in [3.8, 4) is 10.7 Å². The highest BCUT2D eigenvalue weighted by Crippen LogP contribution is 2.39. The normalized spacial score (nSPS) is 12.0. The van der Waals surface area contributed by atoms with Crippen molar-refractivity contribution in [2.45, 2.75) is 35.7 Å². The van der Waals surface area contributed by atoms with E-state index in [4.69, 9.17) is 4.98 Å². The van der Waals surface area contributed by atoms with Crippen molar-refractivity contribution in [1.29, 1.82) is 0 Å². The lowest BCUT2D eigenvalue weighted by Gasteiger charge is -2.15. The van der Waals surface area contributed by atoms with E-state index in [1.54, 1.807) is 22.7 Å². The Morgan fingerprint density at radius 1 is 1.29 bits per heavy atom. The second-order valence-corrected chi connectivity index (χ2v) is 9.88. The Kier molecular flexibility index (Phi) is 4.22. The first-order valence-electron chi connectivity index (χ1n) is 6.24. The number of hydrogen-bond donors (Lipinski definition) is 1. The van der Waals surface area contributed by atoms with Gasteiger partial charge in [0.05, 0.1) is 14.4 Å². The maximum absolute atomic E-state index is 4.69. The van der Waals surface area contributed by atoms with Gasteiger partial charge in [-0.05, 0) is 39.1 Å². The molecule has 0 saturated carbocycles. The number of halogens is 1. The minimum Gasteiger partial charge on any atom is -0.257 e. The van der Waals surface area contributed by atoms with Crippen LogP contribution in [0.3, 0.4) is 0 Å². The Morgan fingerprint density at radius 2 is 2.10 bits per heavy atom. The van der Waals surface area contributed by atoms with E-state index in [-0.39, 0.29) is 5.41 Å². The monoisotopic (exact) mass is 400 g/mol. The maximum atomic E-state index is 4.69. The molecule has 0 aliphatic rings. The molecule has 0 bridgehead atoms. The van der Waals surface area contributed by atoms with Crippen LogP contribution in [0.2, 0.25) is 0 Å². The topological polar surface area (TPSA) is 54.5 Å². The molecule has 3 aromatic rings. The number of thiophene rings is 1. The second kappa shape index (κ2) is 5.83. The fraction of sp³-hybridized carbons (Fsp3) is 0.308. The summed E-state index contributed by atoms with van der Waals surface area (Å²) in [6.07, 6.45) is 0. The first-order valence-corrected chi connectivity index (χ1v) is 9.55. The molecule has 8 heteroatoms. The van der Waals surface area contributed by atoms with Crippen molar-refractivity contribution >= 4 is 50.4 Å². The molecule has 0 amide bonds. The average Bonchev–Trinajstić information content (AvgIpc) is 3.08. The van der Waals surface area contributed by atoms with E-state index in [1.165, 1.54) is 11.8 Å². The number of nitrogens with zero attached hydrogens (tertiary/aromatic N) is 3. The van der Waals surface area contributed by atoms with Crippen LogP contribution in [0.1, 0.15) is 26.5 Å². The van der Waals surface area contributed by atoms with Crippen LogP contribution in [-0.4, -0.2) is 20.2 Å². The SMILES string of the molecule is CC(C)(C)c1nc(Sc2n[nH]c(-c3cccs3)n2)sc1Br. The number of H-pyrrole nitrogens is 1. The summed E-state index contributed by atoms with van der Waals surface area (Å²) in [6.45, 7) is 6.47. The molecule has 0 fully saturated rings. The predicted octanol–water partition coefficient (Wildman–Crippen LogP) is 5.20. The van der Waals surface area contributed by atoms with Crippen LogP contribution in [0.25, 0.3) is 10.7 Å². The summed E-state index contributed by atoms with van der Waals surface area (Å²) in [5.74, 6) is 0.805. The summed E-state index contributed by atoms with van der Waals surface area (Å²) in [5.41, 5.74) is 1.10. The van der Waals surface area contributed by atoms with Crippen molar-refractivity contribution in [1.82, 2.24) is 20.2 Å². The summed E-state index contributed by atoms with van der Waals surface area (Å²) in [7, 11) is 0. The fourth-order valence-electron chi connectivity index (χ4n) is 1.68. The van der Waals surface area contributed by atoms with E-state index in [9.17, 15) is 0 Å². The average molecular weight is 401 g/mol. The number of hydrogen-bond acceptors (Lipinski definition) is 6. The van der Waals surface area contributed by atoms with Crippen molar-refractivity contribution in [3.63, 3.8) is 0 Å². The molecular weight excluding hydrogens is 388 g/mol. The Balaban J connectivity index is 1.81. The van der Waals surface area contributed by atoms with Crippen LogP contribution in [0.5, 0.6) is 0 Å². The lowest BCUT2D eigenvalue weighted by molar-refractivity contribution is 0.566. The van der Waals surface area contributed by atoms with E-state index in [0.29, 0.717) is 5.16 Å². The van der Waals surface area contributed by atoms with Gasteiger partial charge in [-0.3, -0.25) is 5.10 Å². The highest BCUT2D eigenvalue weighted by atomic mass is 79.9. The molecule has 4 nitrogen and oxygen atoms in total. The van der Waals surface area contributed by atoms with Gasteiger partial charge in [0.25, 0.3) is 0 Å².